The minimum atomic E-state index is -0.0323. The molecule has 0 heterocycles. The monoisotopic (exact) mass is 330 g/mol. The third-order valence-corrected chi connectivity index (χ3v) is 5.37. The Balaban J connectivity index is 2.03. The number of rotatable bonds is 8. The van der Waals surface area contributed by atoms with Gasteiger partial charge in [0.05, 0.1) is 0 Å². The van der Waals surface area contributed by atoms with Gasteiger partial charge in [-0.2, -0.15) is 0 Å². The van der Waals surface area contributed by atoms with Gasteiger partial charge in [-0.25, -0.2) is 0 Å². The fraction of sp³-hybridized carbons (Fsp3) is 0.429. The fourth-order valence-corrected chi connectivity index (χ4v) is 3.25. The van der Waals surface area contributed by atoms with Gasteiger partial charge in [0.1, 0.15) is 0 Å². The molecule has 2 aromatic rings. The topological polar surface area (TPSA) is 20.2 Å². The fourth-order valence-electron chi connectivity index (χ4n) is 3.13. The van der Waals surface area contributed by atoms with Gasteiger partial charge in [0.2, 0.25) is 0 Å². The van der Waals surface area contributed by atoms with Gasteiger partial charge >= 0.3 is 0 Å². The predicted octanol–water partition coefficient (Wildman–Crippen LogP) is 5.54. The lowest BCUT2D eigenvalue weighted by atomic mass is 9.70. The molecule has 2 aromatic carbocycles. The van der Waals surface area contributed by atoms with E-state index in [2.05, 4.69) is 50.2 Å². The summed E-state index contributed by atoms with van der Waals surface area (Å²) < 4.78 is 0. The Morgan fingerprint density at radius 3 is 1.87 bits per heavy atom. The summed E-state index contributed by atoms with van der Waals surface area (Å²) in [4.78, 5) is 0. The van der Waals surface area contributed by atoms with E-state index >= 15 is 0 Å². The number of hydrogen-bond acceptors (Lipinski definition) is 1. The lowest BCUT2D eigenvalue weighted by molar-refractivity contribution is 0.0582. The molecule has 2 heteroatoms. The zero-order chi connectivity index (χ0) is 16.7. The average Bonchev–Trinajstić information content (AvgIpc) is 2.57. The van der Waals surface area contributed by atoms with Crippen LogP contribution in [0.2, 0.25) is 5.02 Å². The van der Waals surface area contributed by atoms with E-state index in [4.69, 9.17) is 11.6 Å². The molecule has 0 aliphatic rings. The van der Waals surface area contributed by atoms with Crippen LogP contribution in [0.25, 0.3) is 0 Å². The molecular weight excluding hydrogens is 304 g/mol. The van der Waals surface area contributed by atoms with Crippen molar-refractivity contribution in [3.05, 3.63) is 70.7 Å². The Bertz CT molecular complexity index is 577. The van der Waals surface area contributed by atoms with E-state index < -0.39 is 0 Å². The maximum Gasteiger partial charge on any atom is 0.0490 e. The SMILES string of the molecule is CC(C)C(CO)(CCc1ccccc1)CCc1ccc(Cl)cc1. The van der Waals surface area contributed by atoms with Crippen LogP contribution in [0.15, 0.2) is 54.6 Å². The van der Waals surface area contributed by atoms with Crippen LogP contribution in [0.3, 0.4) is 0 Å². The lowest BCUT2D eigenvalue weighted by Gasteiger charge is -2.36. The second kappa shape index (κ2) is 8.52. The highest BCUT2D eigenvalue weighted by molar-refractivity contribution is 6.30. The van der Waals surface area contributed by atoms with Crippen LogP contribution in [0.4, 0.5) is 0 Å². The Morgan fingerprint density at radius 2 is 1.39 bits per heavy atom. The first kappa shape index (κ1) is 18.0. The summed E-state index contributed by atoms with van der Waals surface area (Å²) in [5.41, 5.74) is 2.60. The molecule has 0 spiro atoms. The number of hydrogen-bond donors (Lipinski definition) is 1. The minimum Gasteiger partial charge on any atom is -0.396 e. The summed E-state index contributed by atoms with van der Waals surface area (Å²) in [6.07, 6.45) is 4.00. The van der Waals surface area contributed by atoms with Gasteiger partial charge in [-0.1, -0.05) is 67.9 Å². The zero-order valence-electron chi connectivity index (χ0n) is 14.1. The number of aryl methyl sites for hydroxylation is 2. The molecule has 0 saturated heterocycles. The largest absolute Gasteiger partial charge is 0.396 e. The third kappa shape index (κ3) is 5.09. The minimum absolute atomic E-state index is 0.0323. The standard InChI is InChI=1S/C21H27ClO/c1-17(2)21(16-23,14-12-18-6-4-3-5-7-18)15-13-19-8-10-20(22)11-9-19/h3-11,17,23H,12-16H2,1-2H3. The van der Waals surface area contributed by atoms with Crippen molar-refractivity contribution in [2.75, 3.05) is 6.61 Å². The van der Waals surface area contributed by atoms with E-state index in [1.807, 2.05) is 18.2 Å². The van der Waals surface area contributed by atoms with Gasteiger partial charge in [-0.15, -0.1) is 0 Å². The molecule has 1 unspecified atom stereocenters. The summed E-state index contributed by atoms with van der Waals surface area (Å²) in [7, 11) is 0. The number of benzene rings is 2. The van der Waals surface area contributed by atoms with E-state index in [9.17, 15) is 5.11 Å². The van der Waals surface area contributed by atoms with Gasteiger partial charge in [0.25, 0.3) is 0 Å². The molecule has 0 bridgehead atoms. The third-order valence-electron chi connectivity index (χ3n) is 5.12. The first-order valence-corrected chi connectivity index (χ1v) is 8.83. The first-order chi connectivity index (χ1) is 11.1. The molecule has 1 nitrogen and oxygen atoms in total. The molecule has 0 aliphatic heterocycles. The smallest absolute Gasteiger partial charge is 0.0490 e. The van der Waals surface area contributed by atoms with Crippen LogP contribution in [-0.4, -0.2) is 11.7 Å². The van der Waals surface area contributed by atoms with E-state index in [1.54, 1.807) is 0 Å². The zero-order valence-corrected chi connectivity index (χ0v) is 14.9. The van der Waals surface area contributed by atoms with Crippen molar-refractivity contribution in [2.45, 2.75) is 39.5 Å². The Morgan fingerprint density at radius 1 is 0.870 bits per heavy atom. The maximum absolute atomic E-state index is 10.1. The van der Waals surface area contributed by atoms with Crippen molar-refractivity contribution in [1.82, 2.24) is 0 Å². The van der Waals surface area contributed by atoms with Crippen LogP contribution in [0.5, 0.6) is 0 Å². The van der Waals surface area contributed by atoms with Crippen LogP contribution in [0, 0.1) is 11.3 Å². The Labute approximate surface area is 145 Å². The molecule has 0 radical (unpaired) electrons. The van der Waals surface area contributed by atoms with Crippen molar-refractivity contribution >= 4 is 11.6 Å². The summed E-state index contributed by atoms with van der Waals surface area (Å²) in [6.45, 7) is 4.69. The molecule has 0 aliphatic carbocycles. The van der Waals surface area contributed by atoms with E-state index in [0.29, 0.717) is 5.92 Å². The van der Waals surface area contributed by atoms with Crippen LogP contribution >= 0.6 is 11.6 Å². The molecule has 0 aromatic heterocycles. The molecule has 1 N–H and O–H groups in total. The number of aliphatic hydroxyl groups excluding tert-OH is 1. The summed E-state index contributed by atoms with van der Waals surface area (Å²) in [5.74, 6) is 0.448. The van der Waals surface area contributed by atoms with Gasteiger partial charge in [-0.3, -0.25) is 0 Å². The highest BCUT2D eigenvalue weighted by atomic mass is 35.5. The molecule has 0 fully saturated rings. The highest BCUT2D eigenvalue weighted by Gasteiger charge is 2.32. The normalized spacial score (nSPS) is 14.0. The maximum atomic E-state index is 10.1. The molecule has 1 atom stereocenters. The van der Waals surface area contributed by atoms with Crippen molar-refractivity contribution in [2.24, 2.45) is 11.3 Å². The summed E-state index contributed by atoms with van der Waals surface area (Å²) >= 11 is 5.96. The quantitative estimate of drug-likeness (QED) is 0.673. The van der Waals surface area contributed by atoms with Gasteiger partial charge in [0.15, 0.2) is 0 Å². The van der Waals surface area contributed by atoms with Crippen molar-refractivity contribution in [3.8, 4) is 0 Å². The van der Waals surface area contributed by atoms with E-state index in [-0.39, 0.29) is 12.0 Å². The van der Waals surface area contributed by atoms with Crippen LogP contribution < -0.4 is 0 Å². The van der Waals surface area contributed by atoms with Crippen molar-refractivity contribution in [3.63, 3.8) is 0 Å². The second-order valence-electron chi connectivity index (χ2n) is 6.79. The van der Waals surface area contributed by atoms with Gasteiger partial charge < -0.3 is 5.11 Å². The van der Waals surface area contributed by atoms with E-state index in [0.717, 1.165) is 30.7 Å². The predicted molar refractivity (Wildman–Crippen MR) is 98.9 cm³/mol. The number of aliphatic hydroxyl groups is 1. The summed E-state index contributed by atoms with van der Waals surface area (Å²) in [6, 6.07) is 18.6. The van der Waals surface area contributed by atoms with Crippen molar-refractivity contribution < 1.29 is 5.11 Å². The molecule has 23 heavy (non-hydrogen) atoms. The molecule has 124 valence electrons. The number of halogens is 1. The highest BCUT2D eigenvalue weighted by Crippen LogP contribution is 2.37. The summed E-state index contributed by atoms with van der Waals surface area (Å²) in [5, 5.41) is 10.9. The van der Waals surface area contributed by atoms with Gasteiger partial charge in [0, 0.05) is 11.6 Å². The average molecular weight is 331 g/mol. The molecule has 0 saturated carbocycles. The lowest BCUT2D eigenvalue weighted by Crippen LogP contribution is -2.33. The van der Waals surface area contributed by atoms with E-state index in [1.165, 1.54) is 11.1 Å². The van der Waals surface area contributed by atoms with Crippen LogP contribution in [-0.2, 0) is 12.8 Å². The van der Waals surface area contributed by atoms with Crippen molar-refractivity contribution in [1.29, 1.82) is 0 Å². The molecular formula is C21H27ClO. The molecule has 0 amide bonds. The van der Waals surface area contributed by atoms with Crippen LogP contribution in [0.1, 0.15) is 37.8 Å². The Kier molecular flexibility index (Phi) is 6.68. The second-order valence-corrected chi connectivity index (χ2v) is 7.22. The van der Waals surface area contributed by atoms with Gasteiger partial charge in [-0.05, 0) is 60.3 Å². The molecule has 2 rings (SSSR count). The Hall–Kier alpha value is -1.31. The first-order valence-electron chi connectivity index (χ1n) is 8.45.